The summed E-state index contributed by atoms with van der Waals surface area (Å²) in [6.07, 6.45) is 0. The molecule has 1 aromatic carbocycles. The lowest BCUT2D eigenvalue weighted by Gasteiger charge is -2.11. The van der Waals surface area contributed by atoms with Gasteiger partial charge in [-0.05, 0) is 31.2 Å². The molecule has 1 aromatic heterocycles. The number of hydrogen-bond acceptors (Lipinski definition) is 8. The van der Waals surface area contributed by atoms with Gasteiger partial charge in [0.25, 0.3) is 0 Å². The van der Waals surface area contributed by atoms with Gasteiger partial charge in [0.2, 0.25) is 17.8 Å². The summed E-state index contributed by atoms with van der Waals surface area (Å²) >= 11 is 1.15. The second-order valence-electron chi connectivity index (χ2n) is 4.31. The van der Waals surface area contributed by atoms with E-state index in [4.69, 9.17) is 16.2 Å². The highest BCUT2D eigenvalue weighted by atomic mass is 32.2. The van der Waals surface area contributed by atoms with E-state index in [-0.39, 0.29) is 17.8 Å². The Bertz CT molecular complexity index is 644. The lowest BCUT2D eigenvalue weighted by molar-refractivity contribution is -0.115. The van der Waals surface area contributed by atoms with E-state index in [2.05, 4.69) is 20.3 Å². The van der Waals surface area contributed by atoms with Gasteiger partial charge < -0.3 is 21.5 Å². The third-order valence-electron chi connectivity index (χ3n) is 2.66. The van der Waals surface area contributed by atoms with E-state index in [1.165, 1.54) is 0 Å². The second kappa shape index (κ2) is 6.94. The molecule has 9 heteroatoms. The molecule has 0 saturated carbocycles. The normalized spacial score (nSPS) is 11.7. The molecule has 1 heterocycles. The van der Waals surface area contributed by atoms with E-state index in [0.29, 0.717) is 10.8 Å². The first-order chi connectivity index (χ1) is 10.5. The minimum atomic E-state index is -0.427. The lowest BCUT2D eigenvalue weighted by atomic mass is 10.3. The molecule has 0 aliphatic rings. The molecule has 0 fully saturated rings. The summed E-state index contributed by atoms with van der Waals surface area (Å²) in [7, 11) is 1.58. The van der Waals surface area contributed by atoms with Crippen LogP contribution in [0.4, 0.5) is 17.6 Å². The Morgan fingerprint density at radius 2 is 1.77 bits per heavy atom. The number of benzene rings is 1. The Labute approximate surface area is 131 Å². The van der Waals surface area contributed by atoms with Gasteiger partial charge in [-0.15, -0.1) is 0 Å². The number of hydrogen-bond donors (Lipinski definition) is 3. The molecule has 2 aromatic rings. The van der Waals surface area contributed by atoms with E-state index in [0.717, 1.165) is 17.5 Å². The van der Waals surface area contributed by atoms with Gasteiger partial charge in [-0.25, -0.2) is 0 Å². The van der Waals surface area contributed by atoms with E-state index in [9.17, 15) is 4.79 Å². The number of nitrogens with two attached hydrogens (primary N) is 2. The van der Waals surface area contributed by atoms with Crippen molar-refractivity contribution in [1.82, 2.24) is 15.0 Å². The number of nitrogen functional groups attached to an aromatic ring is 2. The molecule has 0 spiro atoms. The molecule has 5 N–H and O–H groups in total. The lowest BCUT2D eigenvalue weighted by Crippen LogP contribution is -2.22. The second-order valence-corrected chi connectivity index (χ2v) is 5.62. The number of aromatic nitrogens is 3. The zero-order chi connectivity index (χ0) is 16.1. The van der Waals surface area contributed by atoms with Crippen LogP contribution in [0.3, 0.4) is 0 Å². The Kier molecular flexibility index (Phi) is 4.99. The van der Waals surface area contributed by atoms with Crippen molar-refractivity contribution in [2.75, 3.05) is 23.9 Å². The Balaban J connectivity index is 1.99. The maximum Gasteiger partial charge on any atom is 0.237 e. The molecule has 0 unspecified atom stereocenters. The molecule has 22 heavy (non-hydrogen) atoms. The number of carbonyl (C=O) groups excluding carboxylic acids is 1. The molecule has 2 rings (SSSR count). The highest BCUT2D eigenvalue weighted by Crippen LogP contribution is 2.22. The molecule has 1 atom stereocenters. The molecule has 0 saturated heterocycles. The number of rotatable bonds is 5. The van der Waals surface area contributed by atoms with E-state index >= 15 is 0 Å². The van der Waals surface area contributed by atoms with Crippen LogP contribution in [0.15, 0.2) is 29.4 Å². The molecule has 0 bridgehead atoms. The van der Waals surface area contributed by atoms with Crippen molar-refractivity contribution in [1.29, 1.82) is 0 Å². The number of anilines is 3. The van der Waals surface area contributed by atoms with E-state index in [1.807, 2.05) is 0 Å². The van der Waals surface area contributed by atoms with Gasteiger partial charge in [0.05, 0.1) is 12.4 Å². The monoisotopic (exact) mass is 320 g/mol. The summed E-state index contributed by atoms with van der Waals surface area (Å²) < 4.78 is 5.06. The zero-order valence-corrected chi connectivity index (χ0v) is 12.9. The van der Waals surface area contributed by atoms with Gasteiger partial charge in [0, 0.05) is 5.69 Å². The first-order valence-corrected chi connectivity index (χ1v) is 7.24. The van der Waals surface area contributed by atoms with Gasteiger partial charge in [-0.1, -0.05) is 11.8 Å². The molecular weight excluding hydrogens is 304 g/mol. The Hall–Kier alpha value is -2.55. The smallest absolute Gasteiger partial charge is 0.237 e. The van der Waals surface area contributed by atoms with Gasteiger partial charge in [0.1, 0.15) is 5.75 Å². The van der Waals surface area contributed by atoms with Crippen LogP contribution in [-0.4, -0.2) is 33.2 Å². The maximum atomic E-state index is 12.1. The standard InChI is InChI=1S/C13H16N6O2S/c1-7(22-13-18-11(14)17-12(15)19-13)10(20)16-8-3-5-9(21-2)6-4-8/h3-7H,1-2H3,(H,16,20)(H4,14,15,17,18,19)/t7-/m0/s1. The van der Waals surface area contributed by atoms with Crippen LogP contribution in [0.25, 0.3) is 0 Å². The summed E-state index contributed by atoms with van der Waals surface area (Å²) in [5.41, 5.74) is 11.7. The van der Waals surface area contributed by atoms with E-state index < -0.39 is 5.25 Å². The minimum absolute atomic E-state index is 0.0257. The van der Waals surface area contributed by atoms with Crippen LogP contribution in [0, 0.1) is 0 Å². The molecule has 0 radical (unpaired) electrons. The number of nitrogens with one attached hydrogen (secondary N) is 1. The summed E-state index contributed by atoms with van der Waals surface area (Å²) in [6.45, 7) is 1.74. The third kappa shape index (κ3) is 4.22. The predicted molar refractivity (Wildman–Crippen MR) is 85.6 cm³/mol. The summed E-state index contributed by atoms with van der Waals surface area (Å²) in [6, 6.07) is 7.04. The van der Waals surface area contributed by atoms with Crippen molar-refractivity contribution >= 4 is 35.3 Å². The summed E-state index contributed by atoms with van der Waals surface area (Å²) in [4.78, 5) is 23.7. The first kappa shape index (κ1) is 15.8. The maximum absolute atomic E-state index is 12.1. The van der Waals surface area contributed by atoms with Crippen molar-refractivity contribution < 1.29 is 9.53 Å². The first-order valence-electron chi connectivity index (χ1n) is 6.36. The van der Waals surface area contributed by atoms with Crippen LogP contribution in [-0.2, 0) is 4.79 Å². The third-order valence-corrected chi connectivity index (χ3v) is 3.62. The van der Waals surface area contributed by atoms with Gasteiger partial charge in [-0.2, -0.15) is 15.0 Å². The molecule has 0 aliphatic carbocycles. The fraction of sp³-hybridized carbons (Fsp3) is 0.231. The van der Waals surface area contributed by atoms with Crippen LogP contribution in [0.5, 0.6) is 5.75 Å². The zero-order valence-electron chi connectivity index (χ0n) is 12.1. The number of ether oxygens (including phenoxy) is 1. The number of nitrogens with zero attached hydrogens (tertiary/aromatic N) is 3. The van der Waals surface area contributed by atoms with Crippen molar-refractivity contribution in [3.05, 3.63) is 24.3 Å². The minimum Gasteiger partial charge on any atom is -0.497 e. The summed E-state index contributed by atoms with van der Waals surface area (Å²) in [5, 5.41) is 2.67. The molecule has 116 valence electrons. The van der Waals surface area contributed by atoms with Crippen LogP contribution in [0.2, 0.25) is 0 Å². The fourth-order valence-corrected chi connectivity index (χ4v) is 2.35. The average molecular weight is 320 g/mol. The average Bonchev–Trinajstić information content (AvgIpc) is 2.46. The topological polar surface area (TPSA) is 129 Å². The highest BCUT2D eigenvalue weighted by molar-refractivity contribution is 8.00. The van der Waals surface area contributed by atoms with Gasteiger partial charge in [-0.3, -0.25) is 4.79 Å². The quantitative estimate of drug-likeness (QED) is 0.700. The van der Waals surface area contributed by atoms with Crippen molar-refractivity contribution in [3.8, 4) is 5.75 Å². The predicted octanol–water partition coefficient (Wildman–Crippen LogP) is 1.16. The summed E-state index contributed by atoms with van der Waals surface area (Å²) in [5.74, 6) is 0.583. The van der Waals surface area contributed by atoms with Gasteiger partial charge in [0.15, 0.2) is 5.16 Å². The molecule has 0 aliphatic heterocycles. The van der Waals surface area contributed by atoms with Crippen molar-refractivity contribution in [3.63, 3.8) is 0 Å². The molecule has 8 nitrogen and oxygen atoms in total. The van der Waals surface area contributed by atoms with Crippen molar-refractivity contribution in [2.24, 2.45) is 0 Å². The number of methoxy groups -OCH3 is 1. The van der Waals surface area contributed by atoms with E-state index in [1.54, 1.807) is 38.3 Å². The van der Waals surface area contributed by atoms with Crippen LogP contribution < -0.4 is 21.5 Å². The fourth-order valence-electron chi connectivity index (χ4n) is 1.57. The molecular formula is C13H16N6O2S. The molecule has 1 amide bonds. The Morgan fingerprint density at radius 3 is 2.32 bits per heavy atom. The number of thioether (sulfide) groups is 1. The Morgan fingerprint density at radius 1 is 1.18 bits per heavy atom. The van der Waals surface area contributed by atoms with Crippen LogP contribution >= 0.6 is 11.8 Å². The van der Waals surface area contributed by atoms with Crippen molar-refractivity contribution in [2.45, 2.75) is 17.3 Å². The largest absolute Gasteiger partial charge is 0.497 e. The number of carbonyl (C=O) groups is 1. The SMILES string of the molecule is COc1ccc(NC(=O)[C@H](C)Sc2nc(N)nc(N)n2)cc1. The van der Waals surface area contributed by atoms with Crippen LogP contribution in [0.1, 0.15) is 6.92 Å². The highest BCUT2D eigenvalue weighted by Gasteiger charge is 2.17. The number of amides is 1. The van der Waals surface area contributed by atoms with Gasteiger partial charge >= 0.3 is 0 Å².